The minimum Gasteiger partial charge on any atom is -0.393 e. The average molecular weight is 344 g/mol. The number of imidazole rings is 1. The molecule has 0 bridgehead atoms. The zero-order chi connectivity index (χ0) is 17.6. The van der Waals surface area contributed by atoms with Crippen molar-refractivity contribution in [2.24, 2.45) is 20.0 Å². The lowest BCUT2D eigenvalue weighted by Crippen LogP contribution is -2.23. The number of benzene rings is 1. The Morgan fingerprint density at radius 3 is 2.88 bits per heavy atom. The van der Waals surface area contributed by atoms with Crippen molar-refractivity contribution in [3.05, 3.63) is 36.2 Å². The molecule has 3 aromatic rings. The van der Waals surface area contributed by atoms with E-state index in [9.17, 15) is 9.50 Å². The Kier molecular flexibility index (Phi) is 3.91. The summed E-state index contributed by atoms with van der Waals surface area (Å²) in [5.41, 5.74) is 1.10. The highest BCUT2D eigenvalue weighted by atomic mass is 19.1. The second-order valence-electron chi connectivity index (χ2n) is 6.78. The number of hydrogen-bond donors (Lipinski definition) is 2. The monoisotopic (exact) mass is 344 g/mol. The van der Waals surface area contributed by atoms with Gasteiger partial charge >= 0.3 is 0 Å². The lowest BCUT2D eigenvalue weighted by molar-refractivity contribution is 0.137. The molecule has 1 aliphatic rings. The van der Waals surface area contributed by atoms with E-state index in [1.165, 1.54) is 6.07 Å². The van der Waals surface area contributed by atoms with Crippen LogP contribution in [0.25, 0.3) is 11.0 Å². The number of aryl methyl sites for hydroxylation is 2. The molecule has 8 heteroatoms. The summed E-state index contributed by atoms with van der Waals surface area (Å²) in [6.45, 7) is 0.578. The summed E-state index contributed by atoms with van der Waals surface area (Å²) in [6, 6.07) is 4.92. The van der Waals surface area contributed by atoms with Gasteiger partial charge in [0.2, 0.25) is 5.95 Å². The molecule has 2 heterocycles. The van der Waals surface area contributed by atoms with Gasteiger partial charge in [0, 0.05) is 32.5 Å². The Labute approximate surface area is 144 Å². The summed E-state index contributed by atoms with van der Waals surface area (Å²) in [7, 11) is 3.77. The molecule has 0 aliphatic heterocycles. The molecule has 7 nitrogen and oxygen atoms in total. The van der Waals surface area contributed by atoms with Crippen LogP contribution < -0.4 is 5.32 Å². The maximum Gasteiger partial charge on any atom is 0.203 e. The third kappa shape index (κ3) is 2.76. The number of nitrogens with zero attached hydrogens (tertiary/aromatic N) is 5. The van der Waals surface area contributed by atoms with Gasteiger partial charge < -0.3 is 19.6 Å². The van der Waals surface area contributed by atoms with Crippen molar-refractivity contribution < 1.29 is 9.50 Å². The van der Waals surface area contributed by atoms with E-state index in [4.69, 9.17) is 0 Å². The fourth-order valence-electron chi connectivity index (χ4n) is 3.76. The van der Waals surface area contributed by atoms with E-state index < -0.39 is 6.10 Å². The number of para-hydroxylation sites is 1. The van der Waals surface area contributed by atoms with Crippen LogP contribution in [0.15, 0.2) is 24.5 Å². The van der Waals surface area contributed by atoms with Crippen LogP contribution >= 0.6 is 0 Å². The Morgan fingerprint density at radius 1 is 1.32 bits per heavy atom. The van der Waals surface area contributed by atoms with Crippen molar-refractivity contribution in [1.29, 1.82) is 0 Å². The van der Waals surface area contributed by atoms with Gasteiger partial charge in [-0.1, -0.05) is 6.07 Å². The van der Waals surface area contributed by atoms with Crippen molar-refractivity contribution in [2.75, 3.05) is 11.9 Å². The van der Waals surface area contributed by atoms with Gasteiger partial charge in [0.05, 0.1) is 11.6 Å². The van der Waals surface area contributed by atoms with Crippen LogP contribution in [0.4, 0.5) is 10.3 Å². The van der Waals surface area contributed by atoms with Crippen molar-refractivity contribution in [2.45, 2.75) is 24.9 Å². The number of nitrogens with one attached hydrogen (secondary N) is 1. The van der Waals surface area contributed by atoms with Crippen molar-refractivity contribution >= 4 is 17.0 Å². The zero-order valence-electron chi connectivity index (χ0n) is 14.2. The summed E-state index contributed by atoms with van der Waals surface area (Å²) >= 11 is 0. The molecule has 0 unspecified atom stereocenters. The second kappa shape index (κ2) is 6.11. The van der Waals surface area contributed by atoms with Gasteiger partial charge in [-0.15, -0.1) is 10.2 Å². The van der Waals surface area contributed by atoms with Gasteiger partial charge in [0.1, 0.15) is 17.7 Å². The maximum atomic E-state index is 13.9. The molecule has 4 rings (SSSR count). The largest absolute Gasteiger partial charge is 0.393 e. The third-order valence-corrected chi connectivity index (χ3v) is 5.15. The van der Waals surface area contributed by atoms with Gasteiger partial charge in [-0.25, -0.2) is 9.37 Å². The zero-order valence-corrected chi connectivity index (χ0v) is 14.2. The number of fused-ring (bicyclic) bond motifs is 1. The predicted octanol–water partition coefficient (Wildman–Crippen LogP) is 1.81. The van der Waals surface area contributed by atoms with E-state index in [1.54, 1.807) is 12.4 Å². The molecule has 3 atom stereocenters. The number of rotatable bonds is 4. The smallest absolute Gasteiger partial charge is 0.203 e. The first-order valence-corrected chi connectivity index (χ1v) is 8.41. The molecule has 132 valence electrons. The number of aliphatic hydroxyl groups excluding tert-OH is 1. The molecular weight excluding hydrogens is 323 g/mol. The van der Waals surface area contributed by atoms with Gasteiger partial charge in [0.15, 0.2) is 5.82 Å². The van der Waals surface area contributed by atoms with Crippen LogP contribution in [-0.4, -0.2) is 42.1 Å². The average Bonchev–Trinajstić information content (AvgIpc) is 3.25. The van der Waals surface area contributed by atoms with Gasteiger partial charge in [0.25, 0.3) is 0 Å². The molecule has 2 N–H and O–H groups in total. The molecule has 25 heavy (non-hydrogen) atoms. The van der Waals surface area contributed by atoms with Gasteiger partial charge in [-0.05, 0) is 25.0 Å². The summed E-state index contributed by atoms with van der Waals surface area (Å²) in [5, 5.41) is 21.7. The van der Waals surface area contributed by atoms with E-state index in [1.807, 2.05) is 29.3 Å². The quantitative estimate of drug-likeness (QED) is 0.754. The second-order valence-corrected chi connectivity index (χ2v) is 6.78. The predicted molar refractivity (Wildman–Crippen MR) is 91.6 cm³/mol. The number of halogens is 1. The van der Waals surface area contributed by atoms with E-state index in [-0.39, 0.29) is 17.7 Å². The minimum atomic E-state index is -0.402. The fraction of sp³-hybridized carbons (Fsp3) is 0.471. The van der Waals surface area contributed by atoms with Crippen molar-refractivity contribution in [1.82, 2.24) is 24.3 Å². The molecule has 2 aromatic heterocycles. The standard InChI is InChI=1S/C17H21FN6O/c1-23-9-20-22-16(23)10-6-11(14(25)7-10)8-19-17-21-15-12(18)4-3-5-13(15)24(17)2/h3-5,9-11,14,25H,6-8H2,1-2H3,(H,19,21)/t10-,11+,14+/m0/s1. The Bertz CT molecular complexity index is 904. The summed E-state index contributed by atoms with van der Waals surface area (Å²) < 4.78 is 17.6. The van der Waals surface area contributed by atoms with E-state index in [0.717, 1.165) is 17.8 Å². The van der Waals surface area contributed by atoms with Crippen molar-refractivity contribution in [3.8, 4) is 0 Å². The van der Waals surface area contributed by atoms with Crippen molar-refractivity contribution in [3.63, 3.8) is 0 Å². The molecule has 1 saturated carbocycles. The number of hydrogen-bond acceptors (Lipinski definition) is 5. The lowest BCUT2D eigenvalue weighted by atomic mass is 10.0. The van der Waals surface area contributed by atoms with E-state index >= 15 is 0 Å². The molecule has 1 aromatic carbocycles. The first-order chi connectivity index (χ1) is 12.0. The molecule has 0 radical (unpaired) electrons. The highest BCUT2D eigenvalue weighted by Gasteiger charge is 2.35. The number of aliphatic hydroxyl groups is 1. The highest BCUT2D eigenvalue weighted by Crippen LogP contribution is 2.37. The summed E-state index contributed by atoms with van der Waals surface area (Å²) in [6.07, 6.45) is 2.79. The molecule has 0 spiro atoms. The normalized spacial score (nSPS) is 23.4. The number of anilines is 1. The SMILES string of the molecule is Cn1cnnc1[C@H]1C[C@H](CNc2nc3c(F)cccc3n2C)[C@H](O)C1. The summed E-state index contributed by atoms with van der Waals surface area (Å²) in [5.74, 6) is 1.48. The molecule has 1 fully saturated rings. The van der Waals surface area contributed by atoms with Crippen LogP contribution in [0.3, 0.4) is 0 Å². The van der Waals surface area contributed by atoms with Crippen LogP contribution in [0.5, 0.6) is 0 Å². The maximum absolute atomic E-state index is 13.9. The summed E-state index contributed by atoms with van der Waals surface area (Å²) in [4.78, 5) is 4.35. The fourth-order valence-corrected chi connectivity index (χ4v) is 3.76. The van der Waals surface area contributed by atoms with E-state index in [2.05, 4.69) is 20.5 Å². The first-order valence-electron chi connectivity index (χ1n) is 8.41. The third-order valence-electron chi connectivity index (χ3n) is 5.15. The number of aromatic nitrogens is 5. The van der Waals surface area contributed by atoms with Crippen LogP contribution in [0.2, 0.25) is 0 Å². The van der Waals surface area contributed by atoms with Gasteiger partial charge in [-0.3, -0.25) is 0 Å². The van der Waals surface area contributed by atoms with Crippen LogP contribution in [0, 0.1) is 11.7 Å². The molecule has 0 saturated heterocycles. The topological polar surface area (TPSA) is 80.8 Å². The Balaban J connectivity index is 1.48. The minimum absolute atomic E-state index is 0.0892. The molecule has 1 aliphatic carbocycles. The Morgan fingerprint density at radius 2 is 2.16 bits per heavy atom. The Hall–Kier alpha value is -2.48. The molecular formula is C17H21FN6O. The van der Waals surface area contributed by atoms with Crippen LogP contribution in [0.1, 0.15) is 24.6 Å². The first kappa shape index (κ1) is 16.0. The van der Waals surface area contributed by atoms with Crippen LogP contribution in [-0.2, 0) is 14.1 Å². The van der Waals surface area contributed by atoms with Gasteiger partial charge in [-0.2, -0.15) is 0 Å². The van der Waals surface area contributed by atoms with E-state index in [0.29, 0.717) is 24.4 Å². The molecule has 0 amide bonds. The lowest BCUT2D eigenvalue weighted by Gasteiger charge is -2.15. The highest BCUT2D eigenvalue weighted by molar-refractivity contribution is 5.79.